The zero-order valence-corrected chi connectivity index (χ0v) is 18.9. The van der Waals surface area contributed by atoms with Crippen LogP contribution in [0.2, 0.25) is 0 Å². The molecule has 2 rings (SSSR count). The van der Waals surface area contributed by atoms with E-state index in [2.05, 4.69) is 17.6 Å². The molecule has 1 aliphatic heterocycles. The molecule has 1 saturated heterocycles. The molecule has 2 unspecified atom stereocenters. The average molecular weight is 432 g/mol. The number of likely N-dealkylation sites (N-methyl/N-ethyl adjacent to an activating group) is 1. The third-order valence-corrected chi connectivity index (χ3v) is 5.53. The monoisotopic (exact) mass is 431 g/mol. The van der Waals surface area contributed by atoms with Crippen molar-refractivity contribution in [3.05, 3.63) is 35.9 Å². The Labute approximate surface area is 185 Å². The Morgan fingerprint density at radius 2 is 1.81 bits per heavy atom. The van der Waals surface area contributed by atoms with Gasteiger partial charge in [0.25, 0.3) is 0 Å². The lowest BCUT2D eigenvalue weighted by Gasteiger charge is -2.27. The molecule has 2 N–H and O–H groups in total. The summed E-state index contributed by atoms with van der Waals surface area (Å²) in [4.78, 5) is 39.6. The van der Waals surface area contributed by atoms with Crippen molar-refractivity contribution in [1.29, 1.82) is 0 Å². The average Bonchev–Trinajstić information content (AvgIpc) is 2.76. The zero-order valence-electron chi connectivity index (χ0n) is 18.9. The van der Waals surface area contributed by atoms with Crippen LogP contribution >= 0.6 is 0 Å². The maximum absolute atomic E-state index is 13.1. The Kier molecular flexibility index (Phi) is 11.1. The molecule has 0 bridgehead atoms. The summed E-state index contributed by atoms with van der Waals surface area (Å²) in [6, 6.07) is 8.51. The van der Waals surface area contributed by atoms with Crippen molar-refractivity contribution in [3.8, 4) is 0 Å². The second-order valence-electron chi connectivity index (χ2n) is 8.23. The van der Waals surface area contributed by atoms with Gasteiger partial charge in [0.2, 0.25) is 11.8 Å². The first-order valence-corrected chi connectivity index (χ1v) is 11.5. The molecule has 7 heteroatoms. The number of nitrogens with zero attached hydrogens (tertiary/aromatic N) is 1. The van der Waals surface area contributed by atoms with E-state index in [0.29, 0.717) is 19.6 Å². The molecule has 1 aliphatic rings. The predicted molar refractivity (Wildman–Crippen MR) is 120 cm³/mol. The van der Waals surface area contributed by atoms with Crippen molar-refractivity contribution >= 4 is 17.8 Å². The Bertz CT molecular complexity index is 695. The van der Waals surface area contributed by atoms with Crippen LogP contribution in [-0.4, -0.2) is 61.5 Å². The largest absolute Gasteiger partial charge is 0.464 e. The minimum absolute atomic E-state index is 0.126. The second-order valence-corrected chi connectivity index (χ2v) is 8.23. The smallest absolute Gasteiger partial charge is 0.325 e. The molecule has 0 spiro atoms. The van der Waals surface area contributed by atoms with E-state index in [-0.39, 0.29) is 24.4 Å². The van der Waals surface area contributed by atoms with Crippen molar-refractivity contribution < 1.29 is 19.1 Å². The molecule has 7 nitrogen and oxygen atoms in total. The molecule has 1 aromatic rings. The fraction of sp³-hybridized carbons (Fsp3) is 0.625. The minimum Gasteiger partial charge on any atom is -0.464 e. The van der Waals surface area contributed by atoms with Gasteiger partial charge in [-0.25, -0.2) is 0 Å². The van der Waals surface area contributed by atoms with Gasteiger partial charge in [0.1, 0.15) is 12.6 Å². The number of carbonyl (C=O) groups excluding carboxylic acids is 3. The van der Waals surface area contributed by atoms with E-state index in [4.69, 9.17) is 4.74 Å². The van der Waals surface area contributed by atoms with Crippen LogP contribution in [-0.2, 0) is 25.5 Å². The van der Waals surface area contributed by atoms with Gasteiger partial charge < -0.3 is 20.3 Å². The Morgan fingerprint density at radius 3 is 2.55 bits per heavy atom. The summed E-state index contributed by atoms with van der Waals surface area (Å²) < 4.78 is 5.25. The molecule has 1 aromatic carbocycles. The highest BCUT2D eigenvalue weighted by Crippen LogP contribution is 2.10. The lowest BCUT2D eigenvalue weighted by molar-refractivity contribution is -0.149. The lowest BCUT2D eigenvalue weighted by atomic mass is 10.0. The van der Waals surface area contributed by atoms with Gasteiger partial charge in [-0.15, -0.1) is 0 Å². The standard InChI is InChI=1S/C24H37N3O4/c1-3-4-5-9-14-20-23(29)26-21(17-19-12-7-6-8-13-19)24(30)27(2)18-22(28)31-16-11-10-15-25-20/h6-8,12-13,20-21,25H,3-5,9-11,14-18H2,1-2H3,(H,26,29). The van der Waals surface area contributed by atoms with Crippen molar-refractivity contribution in [2.75, 3.05) is 26.7 Å². The van der Waals surface area contributed by atoms with Crippen molar-refractivity contribution in [2.45, 2.75) is 70.4 Å². The maximum atomic E-state index is 13.1. The Morgan fingerprint density at radius 1 is 1.03 bits per heavy atom. The topological polar surface area (TPSA) is 87.7 Å². The van der Waals surface area contributed by atoms with Crippen LogP contribution in [0, 0.1) is 0 Å². The van der Waals surface area contributed by atoms with Gasteiger partial charge in [-0.05, 0) is 31.4 Å². The molecule has 0 aliphatic carbocycles. The molecule has 1 heterocycles. The molecule has 0 saturated carbocycles. The Hall–Kier alpha value is -2.41. The number of amides is 2. The molecule has 0 radical (unpaired) electrons. The number of rotatable bonds is 7. The quantitative estimate of drug-likeness (QED) is 0.511. The SMILES string of the molecule is CCCCCCC1NCCCCOC(=O)CN(C)C(=O)C(Cc2ccccc2)NC1=O. The molecular formula is C24H37N3O4. The summed E-state index contributed by atoms with van der Waals surface area (Å²) in [5.74, 6) is -0.880. The van der Waals surface area contributed by atoms with Crippen molar-refractivity contribution in [3.63, 3.8) is 0 Å². The number of unbranched alkanes of at least 4 members (excludes halogenated alkanes) is 3. The second kappa shape index (κ2) is 13.8. The molecule has 2 atom stereocenters. The van der Waals surface area contributed by atoms with E-state index in [0.717, 1.165) is 50.5 Å². The van der Waals surface area contributed by atoms with Crippen LogP contribution in [0.3, 0.4) is 0 Å². The Balaban J connectivity index is 2.16. The normalized spacial score (nSPS) is 21.9. The summed E-state index contributed by atoms with van der Waals surface area (Å²) in [7, 11) is 1.57. The van der Waals surface area contributed by atoms with Gasteiger partial charge in [-0.3, -0.25) is 14.4 Å². The van der Waals surface area contributed by atoms with E-state index in [1.807, 2.05) is 30.3 Å². The van der Waals surface area contributed by atoms with Crippen LogP contribution in [0.1, 0.15) is 57.4 Å². The summed E-state index contributed by atoms with van der Waals surface area (Å²) in [5, 5.41) is 6.31. The number of benzene rings is 1. The zero-order chi connectivity index (χ0) is 22.5. The molecule has 31 heavy (non-hydrogen) atoms. The maximum Gasteiger partial charge on any atom is 0.325 e. The third kappa shape index (κ3) is 9.09. The van der Waals surface area contributed by atoms with Gasteiger partial charge in [-0.2, -0.15) is 0 Å². The summed E-state index contributed by atoms with van der Waals surface area (Å²) >= 11 is 0. The van der Waals surface area contributed by atoms with Crippen LogP contribution in [0.15, 0.2) is 30.3 Å². The van der Waals surface area contributed by atoms with E-state index in [1.54, 1.807) is 7.05 Å². The number of nitrogens with one attached hydrogen (secondary N) is 2. The van der Waals surface area contributed by atoms with Gasteiger partial charge in [0, 0.05) is 13.5 Å². The first kappa shape index (κ1) is 24.9. The molecule has 172 valence electrons. The van der Waals surface area contributed by atoms with Gasteiger partial charge in [0.05, 0.1) is 12.6 Å². The number of hydrogen-bond donors (Lipinski definition) is 2. The van der Waals surface area contributed by atoms with Crippen LogP contribution < -0.4 is 10.6 Å². The van der Waals surface area contributed by atoms with Crippen LogP contribution in [0.25, 0.3) is 0 Å². The number of hydrogen-bond acceptors (Lipinski definition) is 5. The van der Waals surface area contributed by atoms with Crippen molar-refractivity contribution in [1.82, 2.24) is 15.5 Å². The number of cyclic esters (lactones) is 1. The number of ether oxygens (including phenoxy) is 1. The molecular weight excluding hydrogens is 394 g/mol. The van der Waals surface area contributed by atoms with E-state index < -0.39 is 12.0 Å². The highest BCUT2D eigenvalue weighted by Gasteiger charge is 2.28. The van der Waals surface area contributed by atoms with Gasteiger partial charge in [-0.1, -0.05) is 62.9 Å². The fourth-order valence-electron chi connectivity index (χ4n) is 3.70. The third-order valence-electron chi connectivity index (χ3n) is 5.53. The predicted octanol–water partition coefficient (Wildman–Crippen LogP) is 2.44. The first-order valence-electron chi connectivity index (χ1n) is 11.5. The van der Waals surface area contributed by atoms with Crippen molar-refractivity contribution in [2.24, 2.45) is 0 Å². The van der Waals surface area contributed by atoms with Gasteiger partial charge in [0.15, 0.2) is 0 Å². The molecule has 1 fully saturated rings. The minimum atomic E-state index is -0.740. The van der Waals surface area contributed by atoms with Gasteiger partial charge >= 0.3 is 5.97 Å². The number of esters is 1. The highest BCUT2D eigenvalue weighted by atomic mass is 16.5. The van der Waals surface area contributed by atoms with E-state index in [9.17, 15) is 14.4 Å². The van der Waals surface area contributed by atoms with E-state index >= 15 is 0 Å². The lowest BCUT2D eigenvalue weighted by Crippen LogP contribution is -2.54. The summed E-state index contributed by atoms with van der Waals surface area (Å²) in [6.45, 7) is 3.03. The summed E-state index contributed by atoms with van der Waals surface area (Å²) in [6.07, 6.45) is 6.99. The highest BCUT2D eigenvalue weighted by molar-refractivity contribution is 5.91. The number of carbonyl (C=O) groups is 3. The molecule has 0 aromatic heterocycles. The summed E-state index contributed by atoms with van der Waals surface area (Å²) in [5.41, 5.74) is 0.950. The van der Waals surface area contributed by atoms with Crippen LogP contribution in [0.4, 0.5) is 0 Å². The van der Waals surface area contributed by atoms with E-state index in [1.165, 1.54) is 4.90 Å². The fourth-order valence-corrected chi connectivity index (χ4v) is 3.70. The molecule has 2 amide bonds. The van der Waals surface area contributed by atoms with Crippen LogP contribution in [0.5, 0.6) is 0 Å². The first-order chi connectivity index (χ1) is 15.0.